The molecule has 29 heavy (non-hydrogen) atoms. The van der Waals surface area contributed by atoms with E-state index in [1.54, 1.807) is 42.5 Å². The van der Waals surface area contributed by atoms with Crippen LogP contribution in [-0.4, -0.2) is 18.0 Å². The number of hydrogen-bond acceptors (Lipinski definition) is 4. The van der Waals surface area contributed by atoms with Gasteiger partial charge in [-0.15, -0.1) is 0 Å². The van der Waals surface area contributed by atoms with E-state index < -0.39 is 11.8 Å². The van der Waals surface area contributed by atoms with Crippen molar-refractivity contribution >= 4 is 24.1 Å². The summed E-state index contributed by atoms with van der Waals surface area (Å²) in [7, 11) is 0. The molecule has 0 aliphatic heterocycles. The summed E-state index contributed by atoms with van der Waals surface area (Å²) in [6.07, 6.45) is 7.91. The van der Waals surface area contributed by atoms with Crippen LogP contribution in [0.1, 0.15) is 21.7 Å². The van der Waals surface area contributed by atoms with E-state index in [2.05, 4.69) is 15.8 Å². The Morgan fingerprint density at radius 2 is 1.62 bits per heavy atom. The Morgan fingerprint density at radius 1 is 0.897 bits per heavy atom. The van der Waals surface area contributed by atoms with Gasteiger partial charge in [0.15, 0.2) is 0 Å². The van der Waals surface area contributed by atoms with Gasteiger partial charge in [-0.05, 0) is 35.9 Å². The molecule has 0 aliphatic rings. The minimum absolute atomic E-state index is 0.0580. The number of benzene rings is 2. The Labute approximate surface area is 168 Å². The molecular weight excluding hydrogens is 366 g/mol. The van der Waals surface area contributed by atoms with Gasteiger partial charge in [-0.1, -0.05) is 60.7 Å². The molecule has 0 fully saturated rings. The molecule has 144 valence electrons. The van der Waals surface area contributed by atoms with Crippen molar-refractivity contribution in [3.8, 4) is 0 Å². The van der Waals surface area contributed by atoms with Crippen molar-refractivity contribution in [2.24, 2.45) is 5.10 Å². The molecule has 0 saturated carbocycles. The molecular formula is C23H19N3O3. The van der Waals surface area contributed by atoms with Crippen LogP contribution in [0, 0.1) is 0 Å². The normalized spacial score (nSPS) is 11.7. The SMILES string of the molecule is O=C(N/N=C\c1ccco1)/C(=C/C=C/c1ccccc1)NC(=O)c1ccccc1. The van der Waals surface area contributed by atoms with Crippen molar-refractivity contribution in [3.63, 3.8) is 0 Å². The van der Waals surface area contributed by atoms with Crippen LogP contribution in [0.25, 0.3) is 6.08 Å². The van der Waals surface area contributed by atoms with Crippen molar-refractivity contribution < 1.29 is 14.0 Å². The molecule has 6 nitrogen and oxygen atoms in total. The quantitative estimate of drug-likeness (QED) is 0.281. The zero-order valence-corrected chi connectivity index (χ0v) is 15.5. The van der Waals surface area contributed by atoms with Crippen LogP contribution in [0.2, 0.25) is 0 Å². The summed E-state index contributed by atoms with van der Waals surface area (Å²) < 4.78 is 5.12. The number of nitrogens with one attached hydrogen (secondary N) is 2. The van der Waals surface area contributed by atoms with Gasteiger partial charge in [-0.3, -0.25) is 9.59 Å². The minimum atomic E-state index is -0.560. The first-order valence-electron chi connectivity index (χ1n) is 8.89. The summed E-state index contributed by atoms with van der Waals surface area (Å²) >= 11 is 0. The van der Waals surface area contributed by atoms with Crippen LogP contribution in [0.4, 0.5) is 0 Å². The number of furan rings is 1. The molecule has 0 atom stereocenters. The number of allylic oxidation sites excluding steroid dienone is 2. The fourth-order valence-corrected chi connectivity index (χ4v) is 2.36. The molecule has 0 unspecified atom stereocenters. The first-order chi connectivity index (χ1) is 14.2. The summed E-state index contributed by atoms with van der Waals surface area (Å²) in [6.45, 7) is 0. The Kier molecular flexibility index (Phi) is 6.90. The van der Waals surface area contributed by atoms with Crippen molar-refractivity contribution in [3.05, 3.63) is 114 Å². The lowest BCUT2D eigenvalue weighted by atomic mass is 10.2. The molecule has 3 rings (SSSR count). The summed E-state index contributed by atoms with van der Waals surface area (Å²) in [4.78, 5) is 25.0. The largest absolute Gasteiger partial charge is 0.463 e. The maximum Gasteiger partial charge on any atom is 0.287 e. The van der Waals surface area contributed by atoms with Crippen molar-refractivity contribution in [1.29, 1.82) is 0 Å². The number of nitrogens with zero attached hydrogens (tertiary/aromatic N) is 1. The van der Waals surface area contributed by atoms with Crippen LogP contribution >= 0.6 is 0 Å². The summed E-state index contributed by atoms with van der Waals surface area (Å²) in [5, 5.41) is 6.47. The van der Waals surface area contributed by atoms with Gasteiger partial charge in [0.05, 0.1) is 12.5 Å². The Morgan fingerprint density at radius 3 is 2.31 bits per heavy atom. The van der Waals surface area contributed by atoms with Gasteiger partial charge in [0.25, 0.3) is 11.8 Å². The van der Waals surface area contributed by atoms with E-state index in [0.717, 1.165) is 5.56 Å². The van der Waals surface area contributed by atoms with Gasteiger partial charge in [-0.25, -0.2) is 5.43 Å². The predicted molar refractivity (Wildman–Crippen MR) is 112 cm³/mol. The summed E-state index contributed by atoms with van der Waals surface area (Å²) in [6, 6.07) is 21.7. The van der Waals surface area contributed by atoms with Crippen LogP contribution < -0.4 is 10.7 Å². The summed E-state index contributed by atoms with van der Waals surface area (Å²) in [5.74, 6) is -0.460. The van der Waals surface area contributed by atoms with Crippen LogP contribution in [-0.2, 0) is 4.79 Å². The van der Waals surface area contributed by atoms with Crippen LogP contribution in [0.5, 0.6) is 0 Å². The lowest BCUT2D eigenvalue weighted by molar-refractivity contribution is -0.117. The molecule has 0 bridgehead atoms. The van der Waals surface area contributed by atoms with Gasteiger partial charge in [0, 0.05) is 5.56 Å². The second kappa shape index (κ2) is 10.2. The standard InChI is InChI=1S/C23H19N3O3/c27-22(19-12-5-2-6-13-19)25-21(15-7-11-18-9-3-1-4-10-18)23(28)26-24-17-20-14-8-16-29-20/h1-17H,(H,25,27)(H,26,28)/b11-7+,21-15-,24-17-. The molecule has 1 aromatic heterocycles. The zero-order valence-electron chi connectivity index (χ0n) is 15.5. The lowest BCUT2D eigenvalue weighted by Gasteiger charge is -2.08. The Hall–Kier alpha value is -4.19. The van der Waals surface area contributed by atoms with Crippen LogP contribution in [0.3, 0.4) is 0 Å². The first-order valence-corrected chi connectivity index (χ1v) is 8.89. The molecule has 0 saturated heterocycles. The average molecular weight is 385 g/mol. The van der Waals surface area contributed by atoms with E-state index >= 15 is 0 Å². The van der Waals surface area contributed by atoms with Crippen molar-refractivity contribution in [2.75, 3.05) is 0 Å². The minimum Gasteiger partial charge on any atom is -0.463 e. The number of amides is 2. The highest BCUT2D eigenvalue weighted by Crippen LogP contribution is 2.04. The fraction of sp³-hybridized carbons (Fsp3) is 0. The molecule has 0 radical (unpaired) electrons. The molecule has 2 amide bonds. The molecule has 6 heteroatoms. The van der Waals surface area contributed by atoms with E-state index in [-0.39, 0.29) is 5.70 Å². The summed E-state index contributed by atoms with van der Waals surface area (Å²) in [5.41, 5.74) is 3.85. The van der Waals surface area contributed by atoms with E-state index in [1.165, 1.54) is 18.6 Å². The van der Waals surface area contributed by atoms with E-state index in [4.69, 9.17) is 4.42 Å². The van der Waals surface area contributed by atoms with Gasteiger partial charge in [-0.2, -0.15) is 5.10 Å². The highest BCUT2D eigenvalue weighted by atomic mass is 16.3. The first kappa shape index (κ1) is 19.6. The van der Waals surface area contributed by atoms with Gasteiger partial charge < -0.3 is 9.73 Å². The third-order valence-electron chi connectivity index (χ3n) is 3.78. The Bertz CT molecular complexity index is 1020. The fourth-order valence-electron chi connectivity index (χ4n) is 2.36. The third-order valence-corrected chi connectivity index (χ3v) is 3.78. The molecule has 2 aromatic carbocycles. The van der Waals surface area contributed by atoms with E-state index in [0.29, 0.717) is 11.3 Å². The second-order valence-corrected chi connectivity index (χ2v) is 5.88. The lowest BCUT2D eigenvalue weighted by Crippen LogP contribution is -2.32. The number of rotatable bonds is 7. The topological polar surface area (TPSA) is 83.7 Å². The maximum atomic E-state index is 12.5. The molecule has 0 aliphatic carbocycles. The number of hydrazone groups is 1. The highest BCUT2D eigenvalue weighted by Gasteiger charge is 2.13. The average Bonchev–Trinajstić information content (AvgIpc) is 3.28. The maximum absolute atomic E-state index is 12.5. The van der Waals surface area contributed by atoms with E-state index in [9.17, 15) is 9.59 Å². The van der Waals surface area contributed by atoms with Crippen molar-refractivity contribution in [2.45, 2.75) is 0 Å². The zero-order chi connectivity index (χ0) is 20.3. The number of carbonyl (C=O) groups excluding carboxylic acids is 2. The second-order valence-electron chi connectivity index (χ2n) is 5.88. The van der Waals surface area contributed by atoms with Gasteiger partial charge in [0.1, 0.15) is 11.5 Å². The Balaban J connectivity index is 1.74. The predicted octanol–water partition coefficient (Wildman–Crippen LogP) is 3.76. The molecule has 3 aromatic rings. The van der Waals surface area contributed by atoms with E-state index in [1.807, 2.05) is 42.5 Å². The molecule has 0 spiro atoms. The molecule has 1 heterocycles. The van der Waals surface area contributed by atoms with Crippen molar-refractivity contribution in [1.82, 2.24) is 10.7 Å². The van der Waals surface area contributed by atoms with Crippen LogP contribution in [0.15, 0.2) is 106 Å². The number of carbonyl (C=O) groups is 2. The highest BCUT2D eigenvalue weighted by molar-refractivity contribution is 6.03. The van der Waals surface area contributed by atoms with Gasteiger partial charge in [0.2, 0.25) is 0 Å². The smallest absolute Gasteiger partial charge is 0.287 e. The number of hydrogen-bond donors (Lipinski definition) is 2. The third kappa shape index (κ3) is 6.18. The monoisotopic (exact) mass is 385 g/mol. The van der Waals surface area contributed by atoms with Gasteiger partial charge >= 0.3 is 0 Å². The molecule has 2 N–H and O–H groups in total.